The Bertz CT molecular complexity index is 2930. The molecule has 1 saturated carbocycles. The Morgan fingerprint density at radius 2 is 1.32 bits per heavy atom. The van der Waals surface area contributed by atoms with Crippen LogP contribution in [0.2, 0.25) is 20.1 Å². The Kier molecular flexibility index (Phi) is 13.9. The number of hydrogen-bond donors (Lipinski definition) is 2. The number of benzene rings is 2. The van der Waals surface area contributed by atoms with Gasteiger partial charge in [0, 0.05) is 85.1 Å². The number of halogens is 4. The van der Waals surface area contributed by atoms with Crippen LogP contribution >= 0.6 is 46.4 Å². The molecule has 15 nitrogen and oxygen atoms in total. The van der Waals surface area contributed by atoms with E-state index in [9.17, 15) is 15.0 Å². The molecule has 8 heterocycles. The van der Waals surface area contributed by atoms with Gasteiger partial charge >= 0.3 is 5.97 Å². The molecule has 19 heteroatoms. The lowest BCUT2D eigenvalue weighted by atomic mass is 9.72. The van der Waals surface area contributed by atoms with Crippen molar-refractivity contribution in [1.29, 1.82) is 0 Å². The molecule has 0 radical (unpaired) electrons. The maximum atomic E-state index is 12.1. The van der Waals surface area contributed by atoms with Crippen molar-refractivity contribution in [1.82, 2.24) is 49.3 Å². The molecule has 0 spiro atoms. The number of carbonyl (C=O) groups is 1. The van der Waals surface area contributed by atoms with Crippen molar-refractivity contribution in [2.75, 3.05) is 75.3 Å². The van der Waals surface area contributed by atoms with Gasteiger partial charge in [0.15, 0.2) is 11.3 Å². The van der Waals surface area contributed by atoms with E-state index in [1.54, 1.807) is 6.07 Å². The maximum absolute atomic E-state index is 12.1. The van der Waals surface area contributed by atoms with E-state index in [-0.39, 0.29) is 36.6 Å². The highest BCUT2D eigenvalue weighted by Gasteiger charge is 2.45. The zero-order chi connectivity index (χ0) is 49.2. The predicted molar refractivity (Wildman–Crippen MR) is 279 cm³/mol. The first kappa shape index (κ1) is 48.9. The number of aliphatic carboxylic acids is 1. The summed E-state index contributed by atoms with van der Waals surface area (Å²) >= 11 is 26.6. The first-order valence-electron chi connectivity index (χ1n) is 25.4. The predicted octanol–water partition coefficient (Wildman–Crippen LogP) is 9.25. The van der Waals surface area contributed by atoms with Gasteiger partial charge in [0.05, 0.1) is 41.8 Å². The summed E-state index contributed by atoms with van der Waals surface area (Å²) in [4.78, 5) is 42.2. The van der Waals surface area contributed by atoms with E-state index in [4.69, 9.17) is 76.5 Å². The molecule has 376 valence electrons. The molecule has 5 unspecified atom stereocenters. The van der Waals surface area contributed by atoms with Crippen molar-refractivity contribution in [3.05, 3.63) is 91.4 Å². The molecule has 0 amide bonds. The fourth-order valence-corrected chi connectivity index (χ4v) is 13.5. The quantitative estimate of drug-likeness (QED) is 0.100. The van der Waals surface area contributed by atoms with Crippen LogP contribution in [0.1, 0.15) is 86.5 Å². The van der Waals surface area contributed by atoms with Crippen LogP contribution in [0.5, 0.6) is 0 Å². The second-order valence-corrected chi connectivity index (χ2v) is 22.9. The number of aryl methyl sites for hydroxylation is 2. The zero-order valence-corrected chi connectivity index (χ0v) is 43.5. The fraction of sp³-hybridized carbons (Fsp3) is 0.558. The second kappa shape index (κ2) is 20.2. The van der Waals surface area contributed by atoms with E-state index in [1.807, 2.05) is 61.3 Å². The van der Waals surface area contributed by atoms with E-state index in [0.717, 1.165) is 129 Å². The smallest absolute Gasteiger partial charge is 0.306 e. The van der Waals surface area contributed by atoms with Gasteiger partial charge in [-0.05, 0) is 137 Å². The minimum absolute atomic E-state index is 0.193. The van der Waals surface area contributed by atoms with Gasteiger partial charge < -0.3 is 24.9 Å². The molecule has 4 saturated heterocycles. The molecule has 4 aromatic heterocycles. The summed E-state index contributed by atoms with van der Waals surface area (Å²) in [6.07, 6.45) is 10.1. The van der Waals surface area contributed by atoms with Crippen molar-refractivity contribution in [3.8, 4) is 0 Å². The van der Waals surface area contributed by atoms with E-state index in [1.165, 1.54) is 12.8 Å². The minimum Gasteiger partial charge on any atom is -0.481 e. The van der Waals surface area contributed by atoms with Crippen LogP contribution in [-0.2, 0) is 4.79 Å². The van der Waals surface area contributed by atoms with Gasteiger partial charge in [-0.3, -0.25) is 9.69 Å². The number of hydrogen-bond acceptors (Lipinski definition) is 12. The highest BCUT2D eigenvalue weighted by Crippen LogP contribution is 2.44. The van der Waals surface area contributed by atoms with Gasteiger partial charge in [-0.25, -0.2) is 29.3 Å². The van der Waals surface area contributed by atoms with Crippen molar-refractivity contribution in [2.45, 2.75) is 83.8 Å². The normalized spacial score (nSPS) is 24.5. The van der Waals surface area contributed by atoms with Crippen molar-refractivity contribution in [2.24, 2.45) is 35.5 Å². The summed E-state index contributed by atoms with van der Waals surface area (Å²) in [5.74, 6) is 2.95. The van der Waals surface area contributed by atoms with Crippen LogP contribution in [0, 0.1) is 49.4 Å². The summed E-state index contributed by atoms with van der Waals surface area (Å²) in [5, 5.41) is 31.7. The van der Waals surface area contributed by atoms with Crippen LogP contribution < -0.4 is 9.80 Å². The van der Waals surface area contributed by atoms with E-state index in [0.29, 0.717) is 62.3 Å². The number of rotatable bonds is 15. The Morgan fingerprint density at radius 1 is 0.732 bits per heavy atom. The van der Waals surface area contributed by atoms with Gasteiger partial charge in [0.25, 0.3) is 0 Å². The third-order valence-electron chi connectivity index (χ3n) is 16.6. The molecule has 2 aromatic carbocycles. The van der Waals surface area contributed by atoms with Crippen LogP contribution in [0.15, 0.2) is 48.8 Å². The van der Waals surface area contributed by atoms with Gasteiger partial charge in [0.1, 0.15) is 22.7 Å². The number of fused-ring (bicyclic) bond motifs is 2. The molecule has 4 aliphatic heterocycles. The molecule has 1 aliphatic carbocycles. The first-order chi connectivity index (χ1) is 34.3. The average molecular weight is 1040 g/mol. The topological polar surface area (TPSA) is 158 Å². The molecule has 2 N–H and O–H groups in total. The summed E-state index contributed by atoms with van der Waals surface area (Å²) in [5.41, 5.74) is 6.46. The molecule has 5 fully saturated rings. The van der Waals surface area contributed by atoms with Crippen LogP contribution in [0.3, 0.4) is 0 Å². The van der Waals surface area contributed by atoms with Crippen LogP contribution in [-0.4, -0.2) is 137 Å². The van der Waals surface area contributed by atoms with Crippen molar-refractivity contribution >= 4 is 86.3 Å². The Hall–Kier alpha value is -4.35. The Balaban J connectivity index is 0.846. The van der Waals surface area contributed by atoms with E-state index in [2.05, 4.69) is 31.2 Å². The van der Waals surface area contributed by atoms with Gasteiger partial charge in [-0.2, -0.15) is 10.2 Å². The molecule has 6 aromatic rings. The molecule has 0 bridgehead atoms. The molecule has 5 atom stereocenters. The lowest BCUT2D eigenvalue weighted by Crippen LogP contribution is -2.58. The van der Waals surface area contributed by atoms with Gasteiger partial charge in [0.2, 0.25) is 0 Å². The summed E-state index contributed by atoms with van der Waals surface area (Å²) in [6.45, 7) is 14.8. The summed E-state index contributed by atoms with van der Waals surface area (Å²) in [7, 11) is 0. The Labute approximate surface area is 434 Å². The SMILES string of the molecule is Cc1nn(C(C)c2ccc(Cl)cc2Cl)c2nc(N3CC(C4CC(CC(c5ccc(Cl)cc5Cl)n5nc(C)c6ncc(N7CC(C8CCCN(CCCO)C8)C7)nc65)CN(C5CC(C(=O)O)C5)C4)C3)cnc12. The number of carboxylic acids is 1. The molecule has 11 rings (SSSR count). The fourth-order valence-electron chi connectivity index (χ4n) is 12.4. The summed E-state index contributed by atoms with van der Waals surface area (Å²) < 4.78 is 3.98. The third kappa shape index (κ3) is 9.69. The van der Waals surface area contributed by atoms with E-state index >= 15 is 0 Å². The average Bonchev–Trinajstić information content (AvgIpc) is 3.80. The number of aliphatic hydroxyl groups is 1. The lowest BCUT2D eigenvalue weighted by molar-refractivity contribution is -0.147. The highest BCUT2D eigenvalue weighted by atomic mass is 35.5. The largest absolute Gasteiger partial charge is 0.481 e. The molecule has 71 heavy (non-hydrogen) atoms. The van der Waals surface area contributed by atoms with E-state index < -0.39 is 5.97 Å². The number of anilines is 2. The standard InChI is InChI=1S/C52H62Cl4N12O3/c1-29-48-50(67(61-29)31(3)41-9-7-38(53)18-43(41)55)59-46(20-57-48)66-27-37(28-66)35-14-32(22-64(24-35)40-16-34(17-40)52(70)71)15-45(42-10-8-39(54)19-44(42)56)68-51-49(30(2)62-68)58-21-47(60-51)65-25-36(26-65)33-6-4-11-63(23-33)12-5-13-69/h7-10,18-21,31-37,40,45,69H,4-6,11-17,22-28H2,1-3H3,(H,70,71). The maximum Gasteiger partial charge on any atom is 0.306 e. The monoisotopic (exact) mass is 1040 g/mol. The number of likely N-dealkylation sites (tertiary alicyclic amines) is 2. The first-order valence-corrected chi connectivity index (χ1v) is 26.9. The van der Waals surface area contributed by atoms with Gasteiger partial charge in [-0.15, -0.1) is 0 Å². The van der Waals surface area contributed by atoms with Crippen LogP contribution in [0.25, 0.3) is 22.3 Å². The highest BCUT2D eigenvalue weighted by molar-refractivity contribution is 6.35. The number of aromatic nitrogens is 8. The number of aliphatic hydroxyl groups excluding tert-OH is 1. The summed E-state index contributed by atoms with van der Waals surface area (Å²) in [6, 6.07) is 11.1. The van der Waals surface area contributed by atoms with Crippen LogP contribution in [0.4, 0.5) is 11.6 Å². The second-order valence-electron chi connectivity index (χ2n) is 21.2. The minimum atomic E-state index is -0.705. The number of nitrogens with zero attached hydrogens (tertiary/aromatic N) is 12. The third-order valence-corrected chi connectivity index (χ3v) is 17.7. The molecule has 5 aliphatic rings. The zero-order valence-electron chi connectivity index (χ0n) is 40.5. The number of piperidine rings is 2. The Morgan fingerprint density at radius 3 is 1.93 bits per heavy atom. The number of carboxylic acid groups (broad SMARTS) is 1. The lowest BCUT2D eigenvalue weighted by Gasteiger charge is -2.52. The molecular weight excluding hydrogens is 982 g/mol. The molecular formula is C52H62Cl4N12O3. The van der Waals surface area contributed by atoms with Crippen molar-refractivity contribution < 1.29 is 15.0 Å². The van der Waals surface area contributed by atoms with Crippen molar-refractivity contribution in [3.63, 3.8) is 0 Å². The van der Waals surface area contributed by atoms with Gasteiger partial charge in [-0.1, -0.05) is 58.5 Å².